The third kappa shape index (κ3) is 5.68. The summed E-state index contributed by atoms with van der Waals surface area (Å²) in [5.41, 5.74) is 1.78. The van der Waals surface area contributed by atoms with Crippen molar-refractivity contribution in [3.63, 3.8) is 0 Å². The molecule has 4 rings (SSSR count). The maximum Gasteiger partial charge on any atom is 0.164 e. The minimum Gasteiger partial charge on any atom is -0.392 e. The molecule has 27 heavy (non-hydrogen) atoms. The molecule has 2 N–H and O–H groups in total. The quantitative estimate of drug-likeness (QED) is 0.669. The minimum absolute atomic E-state index is 0.0997. The molecule has 7 nitrogen and oxygen atoms in total. The summed E-state index contributed by atoms with van der Waals surface area (Å²) >= 11 is 6.11. The van der Waals surface area contributed by atoms with Gasteiger partial charge in [-0.1, -0.05) is 11.6 Å². The Labute approximate surface area is 163 Å². The van der Waals surface area contributed by atoms with E-state index in [0.717, 1.165) is 43.1 Å². The van der Waals surface area contributed by atoms with E-state index in [4.69, 9.17) is 16.7 Å². The lowest BCUT2D eigenvalue weighted by Crippen LogP contribution is -2.43. The Morgan fingerprint density at radius 2 is 1.81 bits per heavy atom. The lowest BCUT2D eigenvalue weighted by atomic mass is 10.2. The van der Waals surface area contributed by atoms with E-state index in [9.17, 15) is 0 Å². The first kappa shape index (κ1) is 19.2. The molecule has 0 saturated carbocycles. The van der Waals surface area contributed by atoms with Crippen molar-refractivity contribution in [2.24, 2.45) is 0 Å². The predicted molar refractivity (Wildman–Crippen MR) is 106 cm³/mol. The lowest BCUT2D eigenvalue weighted by molar-refractivity contribution is 0.281. The number of aliphatic hydroxyl groups excluding tert-OH is 1. The normalized spacial score (nSPS) is 13.6. The first-order valence-corrected chi connectivity index (χ1v) is 9.04. The highest BCUT2D eigenvalue weighted by Gasteiger charge is 2.14. The van der Waals surface area contributed by atoms with Crippen LogP contribution in [0.3, 0.4) is 0 Å². The molecular formula is C19H21ClN6O. The summed E-state index contributed by atoms with van der Waals surface area (Å²) in [4.78, 5) is 18.9. The Morgan fingerprint density at radius 3 is 2.44 bits per heavy atom. The molecule has 1 aliphatic rings. The minimum atomic E-state index is 0.0997. The molecule has 0 spiro atoms. The van der Waals surface area contributed by atoms with Gasteiger partial charge in [0.25, 0.3) is 0 Å². The van der Waals surface area contributed by atoms with E-state index in [1.807, 2.05) is 18.2 Å². The van der Waals surface area contributed by atoms with E-state index in [1.54, 1.807) is 36.9 Å². The zero-order valence-electron chi connectivity index (χ0n) is 14.8. The molecule has 3 aromatic rings. The second-order valence-electron chi connectivity index (χ2n) is 5.86. The number of piperazine rings is 1. The number of halogens is 1. The molecule has 140 valence electrons. The van der Waals surface area contributed by atoms with Crippen LogP contribution in [0.25, 0.3) is 11.4 Å². The molecular weight excluding hydrogens is 364 g/mol. The maximum absolute atomic E-state index is 8.51. The van der Waals surface area contributed by atoms with Crippen molar-refractivity contribution >= 4 is 17.4 Å². The lowest BCUT2D eigenvalue weighted by Gasteiger charge is -2.28. The first-order valence-electron chi connectivity index (χ1n) is 8.66. The van der Waals surface area contributed by atoms with Crippen molar-refractivity contribution in [3.05, 3.63) is 65.8 Å². The van der Waals surface area contributed by atoms with Crippen molar-refractivity contribution in [3.8, 4) is 11.4 Å². The summed E-state index contributed by atoms with van der Waals surface area (Å²) in [6.07, 6.45) is 6.79. The molecule has 3 aromatic heterocycles. The Bertz CT molecular complexity index is 828. The molecule has 0 bridgehead atoms. The molecule has 0 atom stereocenters. The van der Waals surface area contributed by atoms with Crippen LogP contribution in [0.5, 0.6) is 0 Å². The van der Waals surface area contributed by atoms with E-state index in [-0.39, 0.29) is 6.61 Å². The second-order valence-corrected chi connectivity index (χ2v) is 6.25. The van der Waals surface area contributed by atoms with Gasteiger partial charge in [0.2, 0.25) is 0 Å². The van der Waals surface area contributed by atoms with Crippen molar-refractivity contribution < 1.29 is 5.11 Å². The second kappa shape index (κ2) is 9.91. The molecule has 1 aliphatic heterocycles. The summed E-state index contributed by atoms with van der Waals surface area (Å²) in [6.45, 7) is 3.88. The van der Waals surface area contributed by atoms with Gasteiger partial charge in [0.15, 0.2) is 5.82 Å². The van der Waals surface area contributed by atoms with Crippen molar-refractivity contribution in [1.29, 1.82) is 0 Å². The molecule has 0 aliphatic carbocycles. The Hall–Kier alpha value is -2.61. The van der Waals surface area contributed by atoms with Gasteiger partial charge in [-0.05, 0) is 29.8 Å². The van der Waals surface area contributed by atoms with Crippen LogP contribution in [0.4, 0.5) is 5.82 Å². The van der Waals surface area contributed by atoms with Gasteiger partial charge < -0.3 is 15.3 Å². The molecule has 8 heteroatoms. The fourth-order valence-corrected chi connectivity index (χ4v) is 2.75. The fourth-order valence-electron chi connectivity index (χ4n) is 2.57. The highest BCUT2D eigenvalue weighted by atomic mass is 35.5. The summed E-state index contributed by atoms with van der Waals surface area (Å²) in [5.74, 6) is 1.49. The standard InChI is InChI=1S/C13H14ClN5.C6H7NO/c14-11-8-12(19-6-4-15-5-7-19)18-13(17-11)10-2-1-3-16-9-10;8-5-6-1-3-7-4-2-6/h1-3,8-9,15H,4-7H2;1-4,8H,5H2. The van der Waals surface area contributed by atoms with E-state index in [1.165, 1.54) is 0 Å². The molecule has 0 unspecified atom stereocenters. The van der Waals surface area contributed by atoms with Gasteiger partial charge in [0.1, 0.15) is 11.0 Å². The fraction of sp³-hybridized carbons (Fsp3) is 0.263. The number of hydrogen-bond acceptors (Lipinski definition) is 7. The van der Waals surface area contributed by atoms with Crippen LogP contribution < -0.4 is 10.2 Å². The first-order chi connectivity index (χ1) is 13.3. The predicted octanol–water partition coefficient (Wildman–Crippen LogP) is 2.18. The third-order valence-electron chi connectivity index (χ3n) is 3.97. The van der Waals surface area contributed by atoms with E-state index >= 15 is 0 Å². The smallest absolute Gasteiger partial charge is 0.164 e. The van der Waals surface area contributed by atoms with Crippen LogP contribution in [0.2, 0.25) is 5.15 Å². The van der Waals surface area contributed by atoms with E-state index in [2.05, 4.69) is 30.2 Å². The van der Waals surface area contributed by atoms with Crippen molar-refractivity contribution in [2.75, 3.05) is 31.1 Å². The van der Waals surface area contributed by atoms with Gasteiger partial charge in [-0.3, -0.25) is 9.97 Å². The zero-order chi connectivity index (χ0) is 18.9. The highest BCUT2D eigenvalue weighted by Crippen LogP contribution is 2.22. The summed E-state index contributed by atoms with van der Waals surface area (Å²) in [7, 11) is 0. The Kier molecular flexibility index (Phi) is 7.04. The molecule has 1 fully saturated rings. The van der Waals surface area contributed by atoms with Gasteiger partial charge in [0.05, 0.1) is 6.61 Å². The highest BCUT2D eigenvalue weighted by molar-refractivity contribution is 6.29. The number of aliphatic hydroxyl groups is 1. The van der Waals surface area contributed by atoms with Crippen LogP contribution >= 0.6 is 11.6 Å². The van der Waals surface area contributed by atoms with Crippen LogP contribution in [0.15, 0.2) is 55.1 Å². The van der Waals surface area contributed by atoms with Gasteiger partial charge in [-0.2, -0.15) is 0 Å². The van der Waals surface area contributed by atoms with Crippen LogP contribution in [0, 0.1) is 0 Å². The topological polar surface area (TPSA) is 87.1 Å². The number of aromatic nitrogens is 4. The van der Waals surface area contributed by atoms with Crippen LogP contribution in [0.1, 0.15) is 5.56 Å². The number of nitrogens with zero attached hydrogens (tertiary/aromatic N) is 5. The van der Waals surface area contributed by atoms with Gasteiger partial charge in [-0.15, -0.1) is 0 Å². The summed E-state index contributed by atoms with van der Waals surface area (Å²) in [6, 6.07) is 9.16. The van der Waals surface area contributed by atoms with E-state index < -0.39 is 0 Å². The van der Waals surface area contributed by atoms with Gasteiger partial charge in [-0.25, -0.2) is 9.97 Å². The number of nitrogens with one attached hydrogen (secondary N) is 1. The monoisotopic (exact) mass is 384 g/mol. The summed E-state index contributed by atoms with van der Waals surface area (Å²) in [5, 5.41) is 12.3. The zero-order valence-corrected chi connectivity index (χ0v) is 15.5. The average Bonchev–Trinajstić information content (AvgIpc) is 2.75. The number of anilines is 1. The number of rotatable bonds is 3. The van der Waals surface area contributed by atoms with Gasteiger partial charge >= 0.3 is 0 Å². The maximum atomic E-state index is 8.51. The summed E-state index contributed by atoms with van der Waals surface area (Å²) < 4.78 is 0. The van der Waals surface area contributed by atoms with Crippen LogP contribution in [-0.2, 0) is 6.61 Å². The third-order valence-corrected chi connectivity index (χ3v) is 4.17. The van der Waals surface area contributed by atoms with E-state index in [0.29, 0.717) is 11.0 Å². The largest absolute Gasteiger partial charge is 0.392 e. The molecule has 1 saturated heterocycles. The number of pyridine rings is 2. The average molecular weight is 385 g/mol. The van der Waals surface area contributed by atoms with Crippen molar-refractivity contribution in [2.45, 2.75) is 6.61 Å². The molecule has 4 heterocycles. The number of hydrogen-bond donors (Lipinski definition) is 2. The van der Waals surface area contributed by atoms with Crippen LogP contribution in [-0.4, -0.2) is 51.2 Å². The molecule has 0 radical (unpaired) electrons. The molecule has 0 aromatic carbocycles. The SMILES string of the molecule is Clc1cc(N2CCNCC2)nc(-c2cccnc2)n1.OCc1ccncc1. The Morgan fingerprint density at radius 1 is 1.04 bits per heavy atom. The van der Waals surface area contributed by atoms with Gasteiger partial charge in [0, 0.05) is 62.6 Å². The molecule has 0 amide bonds. The Balaban J connectivity index is 0.000000221. The van der Waals surface area contributed by atoms with Crippen molar-refractivity contribution in [1.82, 2.24) is 25.3 Å².